The van der Waals surface area contributed by atoms with Gasteiger partial charge >= 0.3 is 0 Å². The first-order valence-electron chi connectivity index (χ1n) is 10.3. The number of para-hydroxylation sites is 1. The van der Waals surface area contributed by atoms with E-state index in [0.717, 1.165) is 0 Å². The molecule has 0 aliphatic rings. The van der Waals surface area contributed by atoms with E-state index in [0.29, 0.717) is 34.9 Å². The fraction of sp³-hybridized carbons (Fsp3) is 0.136. The van der Waals surface area contributed by atoms with Crippen molar-refractivity contribution in [2.24, 2.45) is 0 Å². The predicted octanol–water partition coefficient (Wildman–Crippen LogP) is 3.75. The van der Waals surface area contributed by atoms with E-state index in [9.17, 15) is 9.18 Å². The third kappa shape index (κ3) is 3.20. The summed E-state index contributed by atoms with van der Waals surface area (Å²) in [5.41, 5.74) is 1.20. The SMILES string of the molecule is [2H]c1nc2c(N[C@@H](CC)c3nc4cccc(F)c4c(=O)n3-c3ccccc3)ncnc2[nH]1. The molecule has 3 aromatic heterocycles. The quantitative estimate of drug-likeness (QED) is 0.452. The van der Waals surface area contributed by atoms with Gasteiger partial charge in [0.15, 0.2) is 11.5 Å². The third-order valence-electron chi connectivity index (χ3n) is 5.08. The Morgan fingerprint density at radius 3 is 2.81 bits per heavy atom. The van der Waals surface area contributed by atoms with Gasteiger partial charge in [0.05, 0.1) is 23.5 Å². The zero-order valence-electron chi connectivity index (χ0n) is 17.5. The van der Waals surface area contributed by atoms with Crippen molar-refractivity contribution >= 4 is 27.9 Å². The first kappa shape index (κ1) is 17.7. The maximum absolute atomic E-state index is 14.6. The number of H-pyrrole nitrogens is 1. The molecule has 0 bridgehead atoms. The average Bonchev–Trinajstić information content (AvgIpc) is 3.19. The van der Waals surface area contributed by atoms with Crippen molar-refractivity contribution in [3.63, 3.8) is 0 Å². The van der Waals surface area contributed by atoms with Crippen LogP contribution in [0.5, 0.6) is 0 Å². The molecule has 2 aromatic carbocycles. The van der Waals surface area contributed by atoms with Gasteiger partial charge in [-0.2, -0.15) is 0 Å². The monoisotopic (exact) mass is 416 g/mol. The molecule has 0 saturated heterocycles. The van der Waals surface area contributed by atoms with Crippen LogP contribution in [0.2, 0.25) is 0 Å². The lowest BCUT2D eigenvalue weighted by atomic mass is 10.1. The van der Waals surface area contributed by atoms with E-state index < -0.39 is 17.4 Å². The zero-order valence-corrected chi connectivity index (χ0v) is 16.5. The van der Waals surface area contributed by atoms with Gasteiger partial charge < -0.3 is 10.3 Å². The molecule has 0 fully saturated rings. The van der Waals surface area contributed by atoms with E-state index in [-0.39, 0.29) is 17.2 Å². The number of imidazole rings is 1. The van der Waals surface area contributed by atoms with Crippen LogP contribution in [-0.2, 0) is 0 Å². The maximum atomic E-state index is 14.6. The smallest absolute Gasteiger partial charge is 0.269 e. The van der Waals surface area contributed by atoms with E-state index in [1.807, 2.05) is 13.0 Å². The molecular formula is C22H18FN7O. The molecule has 0 amide bonds. The van der Waals surface area contributed by atoms with Gasteiger partial charge in [-0.25, -0.2) is 24.3 Å². The van der Waals surface area contributed by atoms with Gasteiger partial charge in [0.25, 0.3) is 5.56 Å². The van der Waals surface area contributed by atoms with E-state index in [1.54, 1.807) is 30.3 Å². The maximum Gasteiger partial charge on any atom is 0.269 e. The Bertz CT molecular complexity index is 1500. The van der Waals surface area contributed by atoms with Crippen molar-refractivity contribution in [2.75, 3.05) is 5.32 Å². The van der Waals surface area contributed by atoms with E-state index in [1.165, 1.54) is 23.0 Å². The average molecular weight is 416 g/mol. The fourth-order valence-corrected chi connectivity index (χ4v) is 3.60. The summed E-state index contributed by atoms with van der Waals surface area (Å²) in [7, 11) is 0. The van der Waals surface area contributed by atoms with Crippen LogP contribution >= 0.6 is 0 Å². The summed E-state index contributed by atoms with van der Waals surface area (Å²) in [4.78, 5) is 33.4. The molecule has 0 radical (unpaired) electrons. The van der Waals surface area contributed by atoms with Crippen molar-refractivity contribution in [3.8, 4) is 5.69 Å². The number of nitrogens with one attached hydrogen (secondary N) is 2. The van der Waals surface area contributed by atoms with Crippen LogP contribution in [0.1, 0.15) is 26.6 Å². The summed E-state index contributed by atoms with van der Waals surface area (Å²) in [6.45, 7) is 1.94. The molecule has 9 heteroatoms. The number of anilines is 1. The Hall–Kier alpha value is -4.14. The molecule has 3 heterocycles. The minimum atomic E-state index is -0.616. The minimum Gasteiger partial charge on any atom is -0.358 e. The summed E-state index contributed by atoms with van der Waals surface area (Å²) >= 11 is 0. The Morgan fingerprint density at radius 2 is 2.00 bits per heavy atom. The largest absolute Gasteiger partial charge is 0.358 e. The number of hydrogen-bond donors (Lipinski definition) is 2. The van der Waals surface area contributed by atoms with Gasteiger partial charge in [-0.3, -0.25) is 9.36 Å². The Morgan fingerprint density at radius 1 is 1.16 bits per heavy atom. The van der Waals surface area contributed by atoms with Crippen LogP contribution in [0.3, 0.4) is 0 Å². The molecule has 31 heavy (non-hydrogen) atoms. The Labute approximate surface area is 177 Å². The van der Waals surface area contributed by atoms with Crippen molar-refractivity contribution in [2.45, 2.75) is 19.4 Å². The van der Waals surface area contributed by atoms with Crippen LogP contribution < -0.4 is 10.9 Å². The second-order valence-electron chi connectivity index (χ2n) is 6.95. The topological polar surface area (TPSA) is 101 Å². The molecule has 0 unspecified atom stereocenters. The lowest BCUT2D eigenvalue weighted by molar-refractivity contribution is 0.630. The number of halogens is 1. The second kappa shape index (κ2) is 7.60. The van der Waals surface area contributed by atoms with Crippen molar-refractivity contribution in [3.05, 3.63) is 83.2 Å². The molecule has 8 nitrogen and oxygen atoms in total. The van der Waals surface area contributed by atoms with E-state index in [2.05, 4.69) is 30.2 Å². The number of aromatic nitrogens is 6. The van der Waals surface area contributed by atoms with Gasteiger partial charge in [0, 0.05) is 0 Å². The summed E-state index contributed by atoms with van der Waals surface area (Å²) in [6, 6.07) is 12.9. The zero-order chi connectivity index (χ0) is 22.2. The van der Waals surface area contributed by atoms with Crippen LogP contribution in [-0.4, -0.2) is 29.5 Å². The first-order valence-corrected chi connectivity index (χ1v) is 9.77. The van der Waals surface area contributed by atoms with Gasteiger partial charge in [0.1, 0.15) is 30.2 Å². The number of hydrogen-bond acceptors (Lipinski definition) is 6. The van der Waals surface area contributed by atoms with Gasteiger partial charge in [-0.15, -0.1) is 0 Å². The van der Waals surface area contributed by atoms with Crippen molar-refractivity contribution < 1.29 is 5.76 Å². The summed E-state index contributed by atoms with van der Waals surface area (Å²) in [5, 5.41) is 3.22. The third-order valence-corrected chi connectivity index (χ3v) is 5.08. The molecule has 154 valence electrons. The normalized spacial score (nSPS) is 12.8. The van der Waals surface area contributed by atoms with E-state index in [4.69, 9.17) is 1.37 Å². The number of rotatable bonds is 5. The van der Waals surface area contributed by atoms with Crippen LogP contribution in [0.4, 0.5) is 10.2 Å². The molecule has 5 aromatic rings. The van der Waals surface area contributed by atoms with Gasteiger partial charge in [-0.1, -0.05) is 31.2 Å². The van der Waals surface area contributed by atoms with Crippen LogP contribution in [0.25, 0.3) is 27.8 Å². The highest BCUT2D eigenvalue weighted by atomic mass is 19.1. The number of nitrogens with zero attached hydrogens (tertiary/aromatic N) is 5. The van der Waals surface area contributed by atoms with Crippen LogP contribution in [0, 0.1) is 5.82 Å². The van der Waals surface area contributed by atoms with Crippen molar-refractivity contribution in [1.29, 1.82) is 0 Å². The fourth-order valence-electron chi connectivity index (χ4n) is 3.60. The molecular weight excluding hydrogens is 397 g/mol. The highest BCUT2D eigenvalue weighted by Gasteiger charge is 2.22. The first-order chi connectivity index (χ1) is 15.6. The highest BCUT2D eigenvalue weighted by Crippen LogP contribution is 2.26. The van der Waals surface area contributed by atoms with Gasteiger partial charge in [-0.05, 0) is 30.7 Å². The molecule has 2 N–H and O–H groups in total. The molecule has 0 aliphatic carbocycles. The molecule has 0 spiro atoms. The second-order valence-corrected chi connectivity index (χ2v) is 6.95. The summed E-state index contributed by atoms with van der Waals surface area (Å²) in [6.07, 6.45) is 1.88. The molecule has 0 saturated carbocycles. The molecule has 5 rings (SSSR count). The Kier molecular flexibility index (Phi) is 4.34. The predicted molar refractivity (Wildman–Crippen MR) is 116 cm³/mol. The van der Waals surface area contributed by atoms with Crippen LogP contribution in [0.15, 0.2) is 66.0 Å². The lowest BCUT2D eigenvalue weighted by Crippen LogP contribution is -2.28. The Balaban J connectivity index is 1.73. The van der Waals surface area contributed by atoms with Crippen molar-refractivity contribution in [1.82, 2.24) is 29.5 Å². The highest BCUT2D eigenvalue weighted by molar-refractivity contribution is 5.82. The molecule has 1 atom stereocenters. The minimum absolute atomic E-state index is 0.0305. The summed E-state index contributed by atoms with van der Waals surface area (Å²) < 4.78 is 23.7. The lowest BCUT2D eigenvalue weighted by Gasteiger charge is -2.22. The number of aromatic amines is 1. The summed E-state index contributed by atoms with van der Waals surface area (Å²) in [5.74, 6) is 0.203. The number of benzene rings is 2. The number of fused-ring (bicyclic) bond motifs is 2. The van der Waals surface area contributed by atoms with E-state index >= 15 is 0 Å². The standard InChI is InChI=1S/C22H18FN7O/c1-2-15(28-20-18-19(25-11-24-18)26-12-27-20)21-29-16-10-6-9-14(23)17(16)22(31)30(21)13-7-4-3-5-8-13/h3-12,15H,2H2,1H3,(H2,24,25,26,27,28)/t15-/m0/s1/i11D. The van der Waals surface area contributed by atoms with Gasteiger partial charge in [0.2, 0.25) is 0 Å². The molecule has 0 aliphatic heterocycles.